The minimum absolute atomic E-state index is 0.537. The number of hydrogen-bond donors (Lipinski definition) is 0. The highest BCUT2D eigenvalue weighted by molar-refractivity contribution is 7.09. The molecule has 6 heteroatoms. The van der Waals surface area contributed by atoms with Gasteiger partial charge in [0, 0.05) is 5.56 Å². The van der Waals surface area contributed by atoms with Crippen LogP contribution in [-0.4, -0.2) is 9.36 Å². The van der Waals surface area contributed by atoms with Gasteiger partial charge < -0.3 is 0 Å². The van der Waals surface area contributed by atoms with Crippen molar-refractivity contribution < 1.29 is 13.2 Å². The first kappa shape index (κ1) is 14.7. The first-order valence-corrected chi connectivity index (χ1v) is 7.29. The molecule has 3 rings (SSSR count). The number of hydrogen-bond acceptors (Lipinski definition) is 3. The smallest absolute Gasteiger partial charge is 0.220 e. The molecular formula is C16H11F3N2S. The second-order valence-electron chi connectivity index (χ2n) is 4.80. The van der Waals surface area contributed by atoms with E-state index in [0.29, 0.717) is 11.4 Å². The molecular weight excluding hydrogens is 309 g/mol. The number of rotatable bonds is 2. The molecule has 0 aliphatic carbocycles. The van der Waals surface area contributed by atoms with Gasteiger partial charge in [0.25, 0.3) is 0 Å². The lowest BCUT2D eigenvalue weighted by atomic mass is 10.0. The average molecular weight is 320 g/mol. The van der Waals surface area contributed by atoms with Gasteiger partial charge in [-0.2, -0.15) is 17.5 Å². The van der Waals surface area contributed by atoms with Crippen LogP contribution in [0.25, 0.3) is 21.7 Å². The fourth-order valence-corrected chi connectivity index (χ4v) is 2.77. The van der Waals surface area contributed by atoms with Gasteiger partial charge in [0.05, 0.1) is 5.56 Å². The number of aryl methyl sites for hydroxylation is 1. The van der Waals surface area contributed by atoms with Gasteiger partial charge in [-0.3, -0.25) is 0 Å². The van der Waals surface area contributed by atoms with E-state index in [-0.39, 0.29) is 0 Å². The van der Waals surface area contributed by atoms with E-state index < -0.39 is 11.7 Å². The normalized spacial score (nSPS) is 11.6. The maximum absolute atomic E-state index is 12.8. The first-order valence-electron chi connectivity index (χ1n) is 6.52. The summed E-state index contributed by atoms with van der Waals surface area (Å²) in [6.45, 7) is 1.82. The van der Waals surface area contributed by atoms with E-state index in [0.717, 1.165) is 28.3 Å². The number of aromatic nitrogens is 2. The molecule has 0 amide bonds. The molecule has 0 N–H and O–H groups in total. The maximum atomic E-state index is 12.8. The Balaban J connectivity index is 1.93. The Morgan fingerprint density at radius 1 is 0.909 bits per heavy atom. The third kappa shape index (κ3) is 3.01. The van der Waals surface area contributed by atoms with Crippen LogP contribution in [0.5, 0.6) is 0 Å². The molecule has 112 valence electrons. The van der Waals surface area contributed by atoms with Gasteiger partial charge in [-0.25, -0.2) is 4.98 Å². The van der Waals surface area contributed by atoms with E-state index in [1.807, 2.05) is 19.1 Å². The van der Waals surface area contributed by atoms with Gasteiger partial charge in [-0.15, -0.1) is 0 Å². The third-order valence-corrected chi connectivity index (χ3v) is 4.04. The summed E-state index contributed by atoms with van der Waals surface area (Å²) in [4.78, 5) is 4.29. The van der Waals surface area contributed by atoms with Crippen molar-refractivity contribution in [2.75, 3.05) is 0 Å². The second kappa shape index (κ2) is 5.53. The summed E-state index contributed by atoms with van der Waals surface area (Å²) in [5, 5.41) is 0.799. The number of benzene rings is 2. The molecule has 0 spiro atoms. The van der Waals surface area contributed by atoms with Gasteiger partial charge >= 0.3 is 6.18 Å². The quantitative estimate of drug-likeness (QED) is 0.648. The number of alkyl halides is 3. The lowest BCUT2D eigenvalue weighted by molar-refractivity contribution is -0.137. The lowest BCUT2D eigenvalue weighted by Crippen LogP contribution is -2.04. The van der Waals surface area contributed by atoms with Crippen molar-refractivity contribution in [2.24, 2.45) is 0 Å². The van der Waals surface area contributed by atoms with E-state index in [2.05, 4.69) is 9.36 Å². The Morgan fingerprint density at radius 3 is 2.18 bits per heavy atom. The molecule has 2 aromatic carbocycles. The Hall–Kier alpha value is -2.21. The topological polar surface area (TPSA) is 25.8 Å². The summed E-state index contributed by atoms with van der Waals surface area (Å²) in [7, 11) is 0. The van der Waals surface area contributed by atoms with Crippen molar-refractivity contribution in [1.82, 2.24) is 9.36 Å². The maximum Gasteiger partial charge on any atom is 0.416 e. The van der Waals surface area contributed by atoms with Crippen molar-refractivity contribution >= 4 is 11.5 Å². The van der Waals surface area contributed by atoms with Gasteiger partial charge in [-0.1, -0.05) is 36.4 Å². The van der Waals surface area contributed by atoms with Crippen molar-refractivity contribution in [2.45, 2.75) is 13.1 Å². The summed E-state index contributed by atoms with van der Waals surface area (Å²) in [5.41, 5.74) is 1.53. The van der Waals surface area contributed by atoms with Crippen LogP contribution >= 0.6 is 11.5 Å². The fraction of sp³-hybridized carbons (Fsp3) is 0.125. The first-order chi connectivity index (χ1) is 10.4. The average Bonchev–Trinajstić information content (AvgIpc) is 2.93. The molecule has 0 aliphatic rings. The molecule has 1 heterocycles. The lowest BCUT2D eigenvalue weighted by Gasteiger charge is -2.09. The monoisotopic (exact) mass is 320 g/mol. The molecule has 22 heavy (non-hydrogen) atoms. The van der Waals surface area contributed by atoms with Crippen LogP contribution in [0.15, 0.2) is 48.5 Å². The van der Waals surface area contributed by atoms with E-state index in [4.69, 9.17) is 0 Å². The van der Waals surface area contributed by atoms with Crippen LogP contribution in [-0.2, 0) is 6.18 Å². The van der Waals surface area contributed by atoms with Gasteiger partial charge in [0.2, 0.25) is 0 Å². The summed E-state index contributed by atoms with van der Waals surface area (Å²) in [6.07, 6.45) is -4.33. The molecule has 0 atom stereocenters. The van der Waals surface area contributed by atoms with Crippen molar-refractivity contribution in [1.29, 1.82) is 0 Å². The highest BCUT2D eigenvalue weighted by Gasteiger charge is 2.30. The Morgan fingerprint density at radius 2 is 1.59 bits per heavy atom. The van der Waals surface area contributed by atoms with E-state index in [9.17, 15) is 13.2 Å². The Bertz CT molecular complexity index is 792. The highest BCUT2D eigenvalue weighted by atomic mass is 32.1. The molecule has 0 unspecified atom stereocenters. The van der Waals surface area contributed by atoms with Crippen LogP contribution < -0.4 is 0 Å². The number of halogens is 3. The highest BCUT2D eigenvalue weighted by Crippen LogP contribution is 2.32. The summed E-state index contributed by atoms with van der Waals surface area (Å²) in [6, 6.07) is 12.6. The predicted molar refractivity (Wildman–Crippen MR) is 80.5 cm³/mol. The summed E-state index contributed by atoms with van der Waals surface area (Å²) >= 11 is 1.30. The van der Waals surface area contributed by atoms with E-state index >= 15 is 0 Å². The molecule has 0 radical (unpaired) electrons. The standard InChI is InChI=1S/C16H11F3N2S/c1-10-20-15(22-21-10)12-7-5-11(6-8-12)13-3-2-4-14(9-13)16(17,18)19/h2-9H,1H3. The predicted octanol–water partition coefficient (Wildman–Crippen LogP) is 5.20. The SMILES string of the molecule is Cc1nsc(-c2ccc(-c3cccc(C(F)(F)F)c3)cc2)n1. The zero-order chi connectivity index (χ0) is 15.7. The molecule has 0 aliphatic heterocycles. The third-order valence-electron chi connectivity index (χ3n) is 3.18. The van der Waals surface area contributed by atoms with Crippen molar-refractivity contribution in [3.8, 4) is 21.7 Å². The Labute approximate surface area is 129 Å². The molecule has 0 bridgehead atoms. The van der Waals surface area contributed by atoms with Crippen LogP contribution in [0.2, 0.25) is 0 Å². The van der Waals surface area contributed by atoms with Crippen molar-refractivity contribution in [3.05, 3.63) is 59.9 Å². The van der Waals surface area contributed by atoms with Gasteiger partial charge in [0.15, 0.2) is 0 Å². The van der Waals surface area contributed by atoms with Crippen molar-refractivity contribution in [3.63, 3.8) is 0 Å². The zero-order valence-electron chi connectivity index (χ0n) is 11.6. The minimum Gasteiger partial charge on any atom is -0.220 e. The van der Waals surface area contributed by atoms with Crippen LogP contribution in [0.4, 0.5) is 13.2 Å². The second-order valence-corrected chi connectivity index (χ2v) is 5.55. The van der Waals surface area contributed by atoms with E-state index in [1.165, 1.54) is 17.6 Å². The summed E-state index contributed by atoms with van der Waals surface area (Å²) < 4.78 is 42.4. The molecule has 0 saturated heterocycles. The Kier molecular flexibility index (Phi) is 3.70. The summed E-state index contributed by atoms with van der Waals surface area (Å²) in [5.74, 6) is 0.710. The largest absolute Gasteiger partial charge is 0.416 e. The van der Waals surface area contributed by atoms with Crippen LogP contribution in [0.1, 0.15) is 11.4 Å². The minimum atomic E-state index is -4.33. The zero-order valence-corrected chi connectivity index (χ0v) is 12.4. The number of nitrogens with zero attached hydrogens (tertiary/aromatic N) is 2. The molecule has 0 saturated carbocycles. The molecule has 2 nitrogen and oxygen atoms in total. The van der Waals surface area contributed by atoms with E-state index in [1.54, 1.807) is 18.2 Å². The van der Waals surface area contributed by atoms with Gasteiger partial charge in [0.1, 0.15) is 10.8 Å². The molecule has 1 aromatic heterocycles. The van der Waals surface area contributed by atoms with Crippen LogP contribution in [0.3, 0.4) is 0 Å². The molecule has 0 fully saturated rings. The molecule has 3 aromatic rings. The van der Waals surface area contributed by atoms with Crippen LogP contribution in [0, 0.1) is 6.92 Å². The fourth-order valence-electron chi connectivity index (χ4n) is 2.09. The van der Waals surface area contributed by atoms with Gasteiger partial charge in [-0.05, 0) is 41.7 Å².